The summed E-state index contributed by atoms with van der Waals surface area (Å²) in [5.74, 6) is 0. The Morgan fingerprint density at radius 1 is 1.36 bits per heavy atom. The molecular formula is C9H18FN. The molecule has 0 aromatic carbocycles. The fourth-order valence-electron chi connectivity index (χ4n) is 1.90. The van der Waals surface area contributed by atoms with Gasteiger partial charge >= 0.3 is 0 Å². The Labute approximate surface area is 68.6 Å². The molecule has 1 aliphatic rings. The summed E-state index contributed by atoms with van der Waals surface area (Å²) >= 11 is 0. The lowest BCUT2D eigenvalue weighted by atomic mass is 10.1. The molecule has 0 aliphatic carbocycles. The van der Waals surface area contributed by atoms with E-state index < -0.39 is 6.17 Å². The van der Waals surface area contributed by atoms with Gasteiger partial charge in [-0.05, 0) is 34.1 Å². The van der Waals surface area contributed by atoms with Gasteiger partial charge in [0.25, 0.3) is 0 Å². The Hall–Kier alpha value is -0.110. The van der Waals surface area contributed by atoms with Crippen molar-refractivity contribution in [3.8, 4) is 0 Å². The Kier molecular flexibility index (Phi) is 2.24. The van der Waals surface area contributed by atoms with Gasteiger partial charge in [-0.1, -0.05) is 0 Å². The Morgan fingerprint density at radius 2 is 1.91 bits per heavy atom. The summed E-state index contributed by atoms with van der Waals surface area (Å²) < 4.78 is 12.9. The van der Waals surface area contributed by atoms with E-state index in [9.17, 15) is 4.39 Å². The fourth-order valence-corrected chi connectivity index (χ4v) is 1.90. The molecule has 2 heteroatoms. The average molecular weight is 159 g/mol. The molecule has 1 rings (SSSR count). The summed E-state index contributed by atoms with van der Waals surface area (Å²) in [4.78, 5) is 2.23. The van der Waals surface area contributed by atoms with E-state index >= 15 is 0 Å². The minimum absolute atomic E-state index is 0.125. The van der Waals surface area contributed by atoms with Gasteiger partial charge in [-0.25, -0.2) is 4.39 Å². The lowest BCUT2D eigenvalue weighted by Crippen LogP contribution is -2.43. The van der Waals surface area contributed by atoms with Crippen molar-refractivity contribution in [3.63, 3.8) is 0 Å². The van der Waals surface area contributed by atoms with Crippen molar-refractivity contribution in [2.45, 2.75) is 51.9 Å². The van der Waals surface area contributed by atoms with Gasteiger partial charge in [0.15, 0.2) is 0 Å². The fraction of sp³-hybridized carbons (Fsp3) is 1.00. The highest BCUT2D eigenvalue weighted by atomic mass is 19.1. The number of halogens is 1. The summed E-state index contributed by atoms with van der Waals surface area (Å²) in [5.41, 5.74) is 0.125. The Morgan fingerprint density at radius 3 is 2.09 bits per heavy atom. The van der Waals surface area contributed by atoms with Crippen LogP contribution in [-0.4, -0.2) is 29.2 Å². The van der Waals surface area contributed by atoms with E-state index in [2.05, 4.69) is 32.6 Å². The molecule has 0 spiro atoms. The topological polar surface area (TPSA) is 3.24 Å². The minimum Gasteiger partial charge on any atom is -0.293 e. The van der Waals surface area contributed by atoms with Crippen LogP contribution in [0.2, 0.25) is 0 Å². The van der Waals surface area contributed by atoms with Crippen molar-refractivity contribution in [1.82, 2.24) is 4.90 Å². The third-order valence-corrected chi connectivity index (χ3v) is 2.39. The summed E-state index contributed by atoms with van der Waals surface area (Å²) in [6.07, 6.45) is 0.0984. The average Bonchev–Trinajstić information content (AvgIpc) is 2.08. The first-order valence-corrected chi connectivity index (χ1v) is 4.32. The second kappa shape index (κ2) is 2.74. The van der Waals surface area contributed by atoms with E-state index in [4.69, 9.17) is 0 Å². The molecule has 1 nitrogen and oxygen atoms in total. The molecule has 0 aromatic heterocycles. The van der Waals surface area contributed by atoms with Gasteiger partial charge in [-0.2, -0.15) is 0 Å². The summed E-state index contributed by atoms with van der Waals surface area (Å²) in [5, 5.41) is 0. The highest BCUT2D eigenvalue weighted by Crippen LogP contribution is 2.27. The van der Waals surface area contributed by atoms with Gasteiger partial charge < -0.3 is 0 Å². The summed E-state index contributed by atoms with van der Waals surface area (Å²) in [6, 6.07) is 0.407. The molecule has 0 aromatic rings. The molecule has 66 valence electrons. The highest BCUT2D eigenvalue weighted by Gasteiger charge is 2.35. The molecule has 0 radical (unpaired) electrons. The van der Waals surface area contributed by atoms with Gasteiger partial charge in [-0.3, -0.25) is 4.90 Å². The zero-order valence-corrected chi connectivity index (χ0v) is 7.89. The molecule has 2 atom stereocenters. The Bertz CT molecular complexity index is 139. The molecule has 0 N–H and O–H groups in total. The Balaban J connectivity index is 2.60. The van der Waals surface area contributed by atoms with Crippen LogP contribution in [0.5, 0.6) is 0 Å². The standard InChI is InChI=1S/C9H18FN/c1-7-5-8(10)6-11(7)9(2,3)4/h7-8H,5-6H2,1-4H3/t7-,8+/m0/s1. The third-order valence-electron chi connectivity index (χ3n) is 2.39. The van der Waals surface area contributed by atoms with Crippen LogP contribution in [0.15, 0.2) is 0 Å². The second-order valence-corrected chi connectivity index (χ2v) is 4.51. The molecule has 1 aliphatic heterocycles. The van der Waals surface area contributed by atoms with Gasteiger partial charge in [0.2, 0.25) is 0 Å². The van der Waals surface area contributed by atoms with Crippen LogP contribution >= 0.6 is 0 Å². The van der Waals surface area contributed by atoms with Crippen molar-refractivity contribution in [2.75, 3.05) is 6.54 Å². The SMILES string of the molecule is C[C@H]1C[C@@H](F)CN1C(C)(C)C. The van der Waals surface area contributed by atoms with E-state index in [1.807, 2.05) is 0 Å². The lowest BCUT2D eigenvalue weighted by Gasteiger charge is -2.35. The minimum atomic E-state index is -0.607. The van der Waals surface area contributed by atoms with Crippen LogP contribution < -0.4 is 0 Å². The van der Waals surface area contributed by atoms with Crippen LogP contribution in [0.4, 0.5) is 4.39 Å². The van der Waals surface area contributed by atoms with Gasteiger partial charge in [0.1, 0.15) is 6.17 Å². The zero-order valence-electron chi connectivity index (χ0n) is 7.89. The van der Waals surface area contributed by atoms with E-state index in [1.165, 1.54) is 0 Å². The van der Waals surface area contributed by atoms with Crippen molar-refractivity contribution >= 4 is 0 Å². The van der Waals surface area contributed by atoms with Gasteiger partial charge in [0.05, 0.1) is 0 Å². The molecule has 1 fully saturated rings. The van der Waals surface area contributed by atoms with Crippen LogP contribution in [0.3, 0.4) is 0 Å². The number of nitrogens with zero attached hydrogens (tertiary/aromatic N) is 1. The number of likely N-dealkylation sites (tertiary alicyclic amines) is 1. The molecule has 0 saturated carbocycles. The monoisotopic (exact) mass is 159 g/mol. The summed E-state index contributed by atoms with van der Waals surface area (Å²) in [6.45, 7) is 9.14. The number of hydrogen-bond donors (Lipinski definition) is 0. The third kappa shape index (κ3) is 1.92. The number of rotatable bonds is 0. The van der Waals surface area contributed by atoms with Crippen molar-refractivity contribution in [3.05, 3.63) is 0 Å². The van der Waals surface area contributed by atoms with Gasteiger partial charge in [0, 0.05) is 18.1 Å². The molecule has 1 saturated heterocycles. The lowest BCUT2D eigenvalue weighted by molar-refractivity contribution is 0.124. The van der Waals surface area contributed by atoms with Crippen molar-refractivity contribution in [2.24, 2.45) is 0 Å². The molecule has 1 heterocycles. The molecule has 0 unspecified atom stereocenters. The maximum atomic E-state index is 12.9. The molecule has 0 bridgehead atoms. The first-order chi connectivity index (χ1) is 4.91. The normalized spacial score (nSPS) is 34.6. The quantitative estimate of drug-likeness (QED) is 0.524. The van der Waals surface area contributed by atoms with E-state index in [0.29, 0.717) is 19.0 Å². The maximum Gasteiger partial charge on any atom is 0.114 e. The van der Waals surface area contributed by atoms with Crippen molar-refractivity contribution < 1.29 is 4.39 Å². The predicted octanol–water partition coefficient (Wildman–Crippen LogP) is 2.22. The van der Waals surface area contributed by atoms with E-state index in [1.54, 1.807) is 0 Å². The van der Waals surface area contributed by atoms with Crippen LogP contribution in [0.1, 0.15) is 34.1 Å². The highest BCUT2D eigenvalue weighted by molar-refractivity contribution is 4.89. The smallest absolute Gasteiger partial charge is 0.114 e. The first-order valence-electron chi connectivity index (χ1n) is 4.32. The van der Waals surface area contributed by atoms with Crippen molar-refractivity contribution in [1.29, 1.82) is 0 Å². The van der Waals surface area contributed by atoms with E-state index in [-0.39, 0.29) is 5.54 Å². The van der Waals surface area contributed by atoms with Crippen LogP contribution in [0, 0.1) is 0 Å². The first kappa shape index (κ1) is 8.98. The number of hydrogen-bond acceptors (Lipinski definition) is 1. The summed E-state index contributed by atoms with van der Waals surface area (Å²) in [7, 11) is 0. The predicted molar refractivity (Wildman–Crippen MR) is 45.4 cm³/mol. The molecular weight excluding hydrogens is 141 g/mol. The molecule has 0 amide bonds. The van der Waals surface area contributed by atoms with Crippen LogP contribution in [0.25, 0.3) is 0 Å². The van der Waals surface area contributed by atoms with E-state index in [0.717, 1.165) is 0 Å². The second-order valence-electron chi connectivity index (χ2n) is 4.51. The maximum absolute atomic E-state index is 12.9. The zero-order chi connectivity index (χ0) is 8.65. The molecule has 11 heavy (non-hydrogen) atoms. The number of alkyl halides is 1. The van der Waals surface area contributed by atoms with Crippen LogP contribution in [-0.2, 0) is 0 Å². The van der Waals surface area contributed by atoms with Gasteiger partial charge in [-0.15, -0.1) is 0 Å². The largest absolute Gasteiger partial charge is 0.293 e.